The second-order valence-electron chi connectivity index (χ2n) is 14.5. The molecule has 6 atom stereocenters. The van der Waals surface area contributed by atoms with Crippen LogP contribution in [0.4, 0.5) is 0 Å². The first-order valence-electron chi connectivity index (χ1n) is 16.0. The number of esters is 2. The van der Waals surface area contributed by atoms with Gasteiger partial charge in [0.15, 0.2) is 5.15 Å². The number of carbonyl (C=O) groups is 3. The molecule has 1 aromatic carbocycles. The monoisotopic (exact) mass is 657 g/mol. The van der Waals surface area contributed by atoms with E-state index in [1.807, 2.05) is 33.8 Å². The number of nitrogens with zero attached hydrogens (tertiary/aromatic N) is 3. The fourth-order valence-corrected chi connectivity index (χ4v) is 6.10. The number of carbonyl (C=O) groups excluding carboxylic acids is 3. The number of likely N-dealkylation sites (tertiary alicyclic amines) is 1. The van der Waals surface area contributed by atoms with E-state index < -0.39 is 46.9 Å². The van der Waals surface area contributed by atoms with Crippen LogP contribution in [0.25, 0.3) is 11.0 Å². The summed E-state index contributed by atoms with van der Waals surface area (Å²) in [4.78, 5) is 51.7. The summed E-state index contributed by atoms with van der Waals surface area (Å²) >= 11 is 6.49. The average molecular weight is 658 g/mol. The van der Waals surface area contributed by atoms with Gasteiger partial charge in [-0.3, -0.25) is 9.59 Å². The van der Waals surface area contributed by atoms with Crippen LogP contribution in [0.5, 0.6) is 11.6 Å². The van der Waals surface area contributed by atoms with Crippen molar-refractivity contribution in [1.29, 1.82) is 0 Å². The van der Waals surface area contributed by atoms with Crippen LogP contribution in [0, 0.1) is 23.2 Å². The van der Waals surface area contributed by atoms with Gasteiger partial charge in [-0.25, -0.2) is 14.8 Å². The Labute approximate surface area is 277 Å². The minimum Gasteiger partial charge on any atom is -0.497 e. The Bertz CT molecular complexity index is 1450. The van der Waals surface area contributed by atoms with Gasteiger partial charge < -0.3 is 23.8 Å². The van der Waals surface area contributed by atoms with Crippen molar-refractivity contribution < 1.29 is 33.3 Å². The molecule has 1 saturated carbocycles. The van der Waals surface area contributed by atoms with Crippen molar-refractivity contribution in [3.8, 4) is 11.6 Å². The van der Waals surface area contributed by atoms with Crippen molar-refractivity contribution >= 4 is 40.5 Å². The highest BCUT2D eigenvalue weighted by Gasteiger charge is 2.51. The maximum atomic E-state index is 14.4. The van der Waals surface area contributed by atoms with Crippen molar-refractivity contribution in [3.63, 3.8) is 0 Å². The zero-order valence-corrected chi connectivity index (χ0v) is 29.1. The van der Waals surface area contributed by atoms with Gasteiger partial charge >= 0.3 is 11.9 Å². The van der Waals surface area contributed by atoms with Crippen LogP contribution in [0.15, 0.2) is 30.9 Å². The Balaban J connectivity index is 1.57. The predicted molar refractivity (Wildman–Crippen MR) is 176 cm³/mol. The van der Waals surface area contributed by atoms with Gasteiger partial charge in [0, 0.05) is 12.0 Å². The van der Waals surface area contributed by atoms with Gasteiger partial charge in [0.2, 0.25) is 5.91 Å². The summed E-state index contributed by atoms with van der Waals surface area (Å²) in [5.41, 5.74) is -0.298. The molecule has 1 amide bonds. The lowest BCUT2D eigenvalue weighted by Gasteiger charge is -2.35. The van der Waals surface area contributed by atoms with Crippen LogP contribution < -0.4 is 9.47 Å². The van der Waals surface area contributed by atoms with E-state index >= 15 is 0 Å². The molecular formula is C35H48ClN3O7. The zero-order chi connectivity index (χ0) is 34.0. The van der Waals surface area contributed by atoms with Crippen molar-refractivity contribution in [1.82, 2.24) is 14.9 Å². The molecule has 1 aromatic heterocycles. The molecule has 2 heterocycles. The summed E-state index contributed by atoms with van der Waals surface area (Å²) < 4.78 is 23.2. The summed E-state index contributed by atoms with van der Waals surface area (Å²) in [6, 6.07) is 4.28. The Morgan fingerprint density at radius 2 is 1.83 bits per heavy atom. The highest BCUT2D eigenvalue weighted by atomic mass is 35.5. The van der Waals surface area contributed by atoms with Gasteiger partial charge in [-0.2, -0.15) is 0 Å². The number of methoxy groups -OCH3 is 1. The fourth-order valence-electron chi connectivity index (χ4n) is 5.92. The highest BCUT2D eigenvalue weighted by molar-refractivity contribution is 6.31. The first kappa shape index (κ1) is 35.5. The number of halogens is 1. The van der Waals surface area contributed by atoms with Gasteiger partial charge in [0.1, 0.15) is 29.6 Å². The van der Waals surface area contributed by atoms with E-state index in [9.17, 15) is 14.4 Å². The molecule has 11 heteroatoms. The number of fused-ring (bicyclic) bond motifs is 1. The number of amides is 1. The summed E-state index contributed by atoms with van der Waals surface area (Å²) in [5, 5.41) is 0.0571. The molecule has 252 valence electrons. The van der Waals surface area contributed by atoms with E-state index in [0.29, 0.717) is 22.7 Å². The van der Waals surface area contributed by atoms with Crippen LogP contribution in [0.3, 0.4) is 0 Å². The van der Waals surface area contributed by atoms with E-state index in [4.69, 9.17) is 30.5 Å². The number of rotatable bonds is 12. The van der Waals surface area contributed by atoms with E-state index in [1.165, 1.54) is 4.90 Å². The molecule has 1 aliphatic carbocycles. The molecule has 0 unspecified atom stereocenters. The molecule has 0 radical (unpaired) electrons. The molecule has 46 heavy (non-hydrogen) atoms. The van der Waals surface area contributed by atoms with Crippen LogP contribution in [-0.2, 0) is 23.9 Å². The molecule has 0 N–H and O–H groups in total. The lowest BCUT2D eigenvalue weighted by Crippen LogP contribution is -2.50. The first-order chi connectivity index (χ1) is 21.5. The Morgan fingerprint density at radius 3 is 2.46 bits per heavy atom. The van der Waals surface area contributed by atoms with E-state index in [-0.39, 0.29) is 36.0 Å². The third-order valence-corrected chi connectivity index (χ3v) is 8.88. The number of aromatic nitrogens is 2. The van der Waals surface area contributed by atoms with E-state index in [2.05, 4.69) is 16.5 Å². The van der Waals surface area contributed by atoms with Gasteiger partial charge in [-0.05, 0) is 69.9 Å². The Kier molecular flexibility index (Phi) is 10.9. The predicted octanol–water partition coefficient (Wildman–Crippen LogP) is 6.57. The SMILES string of the molecule is C=CCCC[C@@H]1C[C@H]1OC(=O)C[C@H](C(=O)N1C[C@H](Oc2nc3cc(OC)ccc3nc2Cl)[C@@H](C)[C@H]1C(=O)OC(C)(C)C)C(C)(C)C. The second kappa shape index (κ2) is 14.2. The van der Waals surface area contributed by atoms with Crippen LogP contribution in [0.2, 0.25) is 5.15 Å². The molecule has 2 fully saturated rings. The van der Waals surface area contributed by atoms with Crippen molar-refractivity contribution in [2.45, 2.75) is 104 Å². The average Bonchev–Trinajstić information content (AvgIpc) is 3.60. The molecule has 2 aliphatic rings. The molecule has 10 nitrogen and oxygen atoms in total. The number of ether oxygens (including phenoxy) is 4. The molecule has 0 spiro atoms. The number of hydrogen-bond donors (Lipinski definition) is 0. The smallest absolute Gasteiger partial charge is 0.329 e. The van der Waals surface area contributed by atoms with Gasteiger partial charge in [-0.15, -0.1) is 6.58 Å². The fraction of sp³-hybridized carbons (Fsp3) is 0.629. The first-order valence-corrected chi connectivity index (χ1v) is 16.4. The topological polar surface area (TPSA) is 117 Å². The second-order valence-corrected chi connectivity index (χ2v) is 14.9. The Hall–Kier alpha value is -3.40. The van der Waals surface area contributed by atoms with Crippen molar-refractivity contribution in [2.75, 3.05) is 13.7 Å². The molecule has 1 saturated heterocycles. The minimum absolute atomic E-state index is 0.0571. The summed E-state index contributed by atoms with van der Waals surface area (Å²) in [7, 11) is 1.56. The summed E-state index contributed by atoms with van der Waals surface area (Å²) in [6.45, 7) is 16.7. The van der Waals surface area contributed by atoms with Crippen LogP contribution in [0.1, 0.15) is 80.6 Å². The van der Waals surface area contributed by atoms with Crippen molar-refractivity contribution in [2.24, 2.45) is 23.2 Å². The third-order valence-electron chi connectivity index (χ3n) is 8.63. The summed E-state index contributed by atoms with van der Waals surface area (Å²) in [5.74, 6) is -1.49. The lowest BCUT2D eigenvalue weighted by atomic mass is 9.77. The lowest BCUT2D eigenvalue weighted by molar-refractivity contribution is -0.166. The molecule has 1 aliphatic heterocycles. The van der Waals surface area contributed by atoms with E-state index in [1.54, 1.807) is 46.1 Å². The minimum atomic E-state index is -0.956. The molecule has 2 aromatic rings. The largest absolute Gasteiger partial charge is 0.497 e. The third kappa shape index (κ3) is 8.69. The quantitative estimate of drug-likeness (QED) is 0.142. The zero-order valence-electron chi connectivity index (χ0n) is 28.3. The number of unbranched alkanes of at least 4 members (excludes halogenated alkanes) is 1. The van der Waals surface area contributed by atoms with E-state index in [0.717, 1.165) is 25.7 Å². The number of hydrogen-bond acceptors (Lipinski definition) is 9. The van der Waals surface area contributed by atoms with Gasteiger partial charge in [-0.1, -0.05) is 45.4 Å². The molecule has 4 rings (SSSR count). The van der Waals surface area contributed by atoms with Crippen molar-refractivity contribution in [3.05, 3.63) is 36.0 Å². The summed E-state index contributed by atoms with van der Waals surface area (Å²) in [6.07, 6.45) is 4.79. The highest BCUT2D eigenvalue weighted by Crippen LogP contribution is 2.41. The Morgan fingerprint density at radius 1 is 1.11 bits per heavy atom. The number of allylic oxidation sites excluding steroid dienone is 1. The standard InChI is InChI=1S/C35H48ClN3O7/c1-10-11-12-13-21-16-26(21)44-28(40)18-23(34(3,4)5)32(41)39-19-27(20(2)29(39)33(42)46-35(6,7)8)45-31-30(36)37-24-15-14-22(43-9)17-25(24)38-31/h10,14-15,17,20-21,23,26-27,29H,1,11-13,16,18-19H2,2-9H3/t20-,21-,23-,26-,27+,29+/m1/s1. The van der Waals surface area contributed by atoms with Crippen LogP contribution in [-0.4, -0.2) is 70.2 Å². The maximum absolute atomic E-state index is 14.4. The normalized spacial score (nSPS) is 23.5. The molecular weight excluding hydrogens is 610 g/mol. The number of benzene rings is 1. The van der Waals surface area contributed by atoms with Gasteiger partial charge in [0.25, 0.3) is 5.88 Å². The maximum Gasteiger partial charge on any atom is 0.329 e. The van der Waals surface area contributed by atoms with Gasteiger partial charge in [0.05, 0.1) is 37.0 Å². The molecule has 0 bridgehead atoms. The van der Waals surface area contributed by atoms with Crippen LogP contribution >= 0.6 is 11.6 Å².